The molecule has 0 atom stereocenters. The molecule has 0 heterocycles. The second kappa shape index (κ2) is 11.9. The molecule has 2 aromatic carbocycles. The van der Waals surface area contributed by atoms with Crippen LogP contribution in [0.5, 0.6) is 11.5 Å². The molecule has 1 N–H and O–H groups in total. The van der Waals surface area contributed by atoms with Crippen LogP contribution in [-0.2, 0) is 0 Å². The van der Waals surface area contributed by atoms with E-state index in [-0.39, 0.29) is 5.78 Å². The standard InChI is InChI=1S/C25H33NO3/c1-5-7-17-28-24-16-9-19(3)25(29-18-8-6-2)22(24)14-15-23(27)20-10-12-21(26-4)13-11-20/h9-16,26H,5-8,17-18H2,1-4H3. The zero-order valence-electron chi connectivity index (χ0n) is 18.1. The number of hydrogen-bond acceptors (Lipinski definition) is 4. The lowest BCUT2D eigenvalue weighted by Crippen LogP contribution is -2.04. The van der Waals surface area contributed by atoms with Gasteiger partial charge in [-0.05, 0) is 67.8 Å². The Morgan fingerprint density at radius 1 is 0.966 bits per heavy atom. The minimum atomic E-state index is -0.0480. The van der Waals surface area contributed by atoms with Gasteiger partial charge in [0, 0.05) is 18.3 Å². The van der Waals surface area contributed by atoms with Crippen LogP contribution in [0.2, 0.25) is 0 Å². The lowest BCUT2D eigenvalue weighted by atomic mass is 10.0. The second-order valence-electron chi connectivity index (χ2n) is 7.05. The van der Waals surface area contributed by atoms with E-state index in [1.54, 1.807) is 6.08 Å². The van der Waals surface area contributed by atoms with Crippen LogP contribution in [0.4, 0.5) is 5.69 Å². The number of rotatable bonds is 12. The molecule has 4 nitrogen and oxygen atoms in total. The number of benzene rings is 2. The molecule has 0 spiro atoms. The van der Waals surface area contributed by atoms with Gasteiger partial charge in [0.05, 0.1) is 18.8 Å². The Balaban J connectivity index is 2.30. The number of hydrogen-bond donors (Lipinski definition) is 1. The van der Waals surface area contributed by atoms with E-state index < -0.39 is 0 Å². The Morgan fingerprint density at radius 2 is 1.62 bits per heavy atom. The number of unbranched alkanes of at least 4 members (excludes halogenated alkanes) is 2. The highest BCUT2D eigenvalue weighted by atomic mass is 16.5. The van der Waals surface area contributed by atoms with E-state index in [9.17, 15) is 4.79 Å². The second-order valence-corrected chi connectivity index (χ2v) is 7.05. The number of anilines is 1. The average Bonchev–Trinajstić information content (AvgIpc) is 2.75. The summed E-state index contributed by atoms with van der Waals surface area (Å²) in [5.74, 6) is 1.50. The first-order chi connectivity index (χ1) is 14.1. The van der Waals surface area contributed by atoms with Crippen molar-refractivity contribution >= 4 is 17.5 Å². The van der Waals surface area contributed by atoms with Gasteiger partial charge in [0.1, 0.15) is 11.5 Å². The molecule has 0 amide bonds. The third-order valence-corrected chi connectivity index (χ3v) is 4.71. The molecular formula is C25H33NO3. The minimum absolute atomic E-state index is 0.0480. The van der Waals surface area contributed by atoms with E-state index in [0.29, 0.717) is 18.8 Å². The predicted octanol–water partition coefficient (Wildman–Crippen LogP) is 6.29. The smallest absolute Gasteiger partial charge is 0.185 e. The topological polar surface area (TPSA) is 47.6 Å². The lowest BCUT2D eigenvalue weighted by molar-refractivity contribution is 0.104. The number of carbonyl (C=O) groups excluding carboxylic acids is 1. The molecule has 0 aliphatic rings. The van der Waals surface area contributed by atoms with E-state index in [0.717, 1.165) is 54.0 Å². The molecule has 29 heavy (non-hydrogen) atoms. The summed E-state index contributed by atoms with van der Waals surface area (Å²) < 4.78 is 12.1. The van der Waals surface area contributed by atoms with Gasteiger partial charge in [-0.25, -0.2) is 0 Å². The summed E-state index contributed by atoms with van der Waals surface area (Å²) in [5, 5.41) is 3.06. The van der Waals surface area contributed by atoms with Crippen molar-refractivity contribution in [3.63, 3.8) is 0 Å². The molecule has 0 saturated heterocycles. The summed E-state index contributed by atoms with van der Waals surface area (Å²) in [6, 6.07) is 11.4. The highest BCUT2D eigenvalue weighted by Crippen LogP contribution is 2.34. The van der Waals surface area contributed by atoms with Gasteiger partial charge in [-0.15, -0.1) is 0 Å². The molecular weight excluding hydrogens is 362 g/mol. The van der Waals surface area contributed by atoms with Gasteiger partial charge in [0.2, 0.25) is 0 Å². The van der Waals surface area contributed by atoms with Crippen molar-refractivity contribution < 1.29 is 14.3 Å². The largest absolute Gasteiger partial charge is 0.493 e. The van der Waals surface area contributed by atoms with Crippen molar-refractivity contribution in [3.05, 3.63) is 59.2 Å². The molecule has 0 aromatic heterocycles. The number of allylic oxidation sites excluding steroid dienone is 1. The number of ketones is 1. The molecule has 0 unspecified atom stereocenters. The summed E-state index contributed by atoms with van der Waals surface area (Å²) in [4.78, 5) is 12.7. The summed E-state index contributed by atoms with van der Waals surface area (Å²) in [7, 11) is 1.86. The van der Waals surface area contributed by atoms with Crippen LogP contribution in [0.15, 0.2) is 42.5 Å². The van der Waals surface area contributed by atoms with Gasteiger partial charge >= 0.3 is 0 Å². The molecule has 4 heteroatoms. The molecule has 2 rings (SSSR count). The fourth-order valence-electron chi connectivity index (χ4n) is 2.87. The van der Waals surface area contributed by atoms with Crippen molar-refractivity contribution in [2.75, 3.05) is 25.6 Å². The van der Waals surface area contributed by atoms with Crippen LogP contribution in [0.25, 0.3) is 6.08 Å². The van der Waals surface area contributed by atoms with E-state index in [4.69, 9.17) is 9.47 Å². The van der Waals surface area contributed by atoms with Crippen molar-refractivity contribution in [2.45, 2.75) is 46.5 Å². The predicted molar refractivity (Wildman–Crippen MR) is 121 cm³/mol. The highest BCUT2D eigenvalue weighted by molar-refractivity contribution is 6.07. The Labute approximate surface area is 174 Å². The number of aryl methyl sites for hydroxylation is 1. The van der Waals surface area contributed by atoms with Gasteiger partial charge in [0.15, 0.2) is 5.78 Å². The maximum absolute atomic E-state index is 12.7. The third-order valence-electron chi connectivity index (χ3n) is 4.71. The zero-order chi connectivity index (χ0) is 21.1. The van der Waals surface area contributed by atoms with Gasteiger partial charge in [-0.3, -0.25) is 4.79 Å². The zero-order valence-corrected chi connectivity index (χ0v) is 18.1. The summed E-state index contributed by atoms with van der Waals surface area (Å²) in [6.45, 7) is 7.59. The molecule has 0 saturated carbocycles. The van der Waals surface area contributed by atoms with Crippen molar-refractivity contribution in [1.82, 2.24) is 0 Å². The van der Waals surface area contributed by atoms with Gasteiger partial charge in [0.25, 0.3) is 0 Å². The summed E-state index contributed by atoms with van der Waals surface area (Å²) in [6.07, 6.45) is 7.53. The molecule has 0 fully saturated rings. The fourth-order valence-corrected chi connectivity index (χ4v) is 2.87. The van der Waals surface area contributed by atoms with Gasteiger partial charge < -0.3 is 14.8 Å². The van der Waals surface area contributed by atoms with E-state index in [1.165, 1.54) is 0 Å². The van der Waals surface area contributed by atoms with Crippen LogP contribution < -0.4 is 14.8 Å². The van der Waals surface area contributed by atoms with Crippen molar-refractivity contribution in [2.24, 2.45) is 0 Å². The SMILES string of the molecule is CCCCOc1ccc(C)c(OCCCC)c1C=CC(=O)c1ccc(NC)cc1. The normalized spacial score (nSPS) is 10.9. The maximum atomic E-state index is 12.7. The van der Waals surface area contributed by atoms with Crippen molar-refractivity contribution in [3.8, 4) is 11.5 Å². The van der Waals surface area contributed by atoms with Crippen LogP contribution in [-0.4, -0.2) is 26.0 Å². The number of carbonyl (C=O) groups is 1. The Kier molecular flexibility index (Phi) is 9.29. The van der Waals surface area contributed by atoms with E-state index in [2.05, 4.69) is 19.2 Å². The van der Waals surface area contributed by atoms with Crippen LogP contribution >= 0.6 is 0 Å². The lowest BCUT2D eigenvalue weighted by Gasteiger charge is -2.16. The summed E-state index contributed by atoms with van der Waals surface area (Å²) in [5.41, 5.74) is 3.49. The van der Waals surface area contributed by atoms with Gasteiger partial charge in [-0.2, -0.15) is 0 Å². The Bertz CT molecular complexity index is 810. The third kappa shape index (κ3) is 6.67. The van der Waals surface area contributed by atoms with E-state index >= 15 is 0 Å². The minimum Gasteiger partial charge on any atom is -0.493 e. The Hall–Kier alpha value is -2.75. The fraction of sp³-hybridized carbons (Fsp3) is 0.400. The van der Waals surface area contributed by atoms with Crippen LogP contribution in [0.3, 0.4) is 0 Å². The number of nitrogens with one attached hydrogen (secondary N) is 1. The first-order valence-electron chi connectivity index (χ1n) is 10.5. The first-order valence-corrected chi connectivity index (χ1v) is 10.5. The average molecular weight is 396 g/mol. The summed E-state index contributed by atoms with van der Waals surface area (Å²) >= 11 is 0. The van der Waals surface area contributed by atoms with Crippen LogP contribution in [0.1, 0.15) is 61.0 Å². The molecule has 0 bridgehead atoms. The number of ether oxygens (including phenoxy) is 2. The van der Waals surface area contributed by atoms with Crippen molar-refractivity contribution in [1.29, 1.82) is 0 Å². The molecule has 0 radical (unpaired) electrons. The van der Waals surface area contributed by atoms with E-state index in [1.807, 2.05) is 56.4 Å². The molecule has 0 aliphatic heterocycles. The monoisotopic (exact) mass is 395 g/mol. The maximum Gasteiger partial charge on any atom is 0.185 e. The van der Waals surface area contributed by atoms with Crippen LogP contribution in [0, 0.1) is 6.92 Å². The molecule has 0 aliphatic carbocycles. The Morgan fingerprint density at radius 3 is 2.24 bits per heavy atom. The molecule has 156 valence electrons. The highest BCUT2D eigenvalue weighted by Gasteiger charge is 2.13. The van der Waals surface area contributed by atoms with Gasteiger partial charge in [-0.1, -0.05) is 32.8 Å². The first kappa shape index (κ1) is 22.5. The quantitative estimate of drug-likeness (QED) is 0.261. The molecule has 2 aromatic rings.